The molecule has 2 aromatic heterocycles. The number of para-hydroxylation sites is 3. The molecule has 0 fully saturated rings. The first-order chi connectivity index (χ1) is 35.0. The lowest BCUT2D eigenvalue weighted by molar-refractivity contribution is 0.408. The molecule has 11 aromatic rings. The molecule has 3 heterocycles. The van der Waals surface area contributed by atoms with Crippen LogP contribution in [0, 0.1) is 5.92 Å². The van der Waals surface area contributed by atoms with Crippen molar-refractivity contribution in [3.8, 4) is 33.6 Å². The first-order valence-electron chi connectivity index (χ1n) is 24.8. The van der Waals surface area contributed by atoms with Crippen LogP contribution < -0.4 is 5.32 Å². The van der Waals surface area contributed by atoms with Gasteiger partial charge in [-0.2, -0.15) is 0 Å². The van der Waals surface area contributed by atoms with Crippen molar-refractivity contribution in [2.75, 3.05) is 0 Å². The van der Waals surface area contributed by atoms with Gasteiger partial charge in [0.05, 0.1) is 27.8 Å². The number of nitrogens with one attached hydrogen (secondary N) is 1. The zero-order valence-corrected chi connectivity index (χ0v) is 39.6. The van der Waals surface area contributed by atoms with Gasteiger partial charge >= 0.3 is 0 Å². The van der Waals surface area contributed by atoms with Crippen molar-refractivity contribution >= 4 is 60.9 Å². The zero-order chi connectivity index (χ0) is 47.2. The van der Waals surface area contributed by atoms with Crippen LogP contribution in [0.5, 0.6) is 0 Å². The summed E-state index contributed by atoms with van der Waals surface area (Å²) in [5, 5.41) is 8.72. The van der Waals surface area contributed by atoms with Crippen LogP contribution in [0.1, 0.15) is 54.3 Å². The number of aromatic nitrogens is 2. The largest absolute Gasteiger partial charge is 0.344 e. The summed E-state index contributed by atoms with van der Waals surface area (Å²) in [6, 6.07) is 76.9. The van der Waals surface area contributed by atoms with Gasteiger partial charge in [-0.05, 0) is 105 Å². The van der Waals surface area contributed by atoms with E-state index in [0.717, 1.165) is 56.9 Å². The molecule has 1 aliphatic heterocycles. The number of benzene rings is 9. The van der Waals surface area contributed by atoms with Gasteiger partial charge in [-0.25, -0.2) is 9.98 Å². The van der Waals surface area contributed by atoms with Gasteiger partial charge in [-0.1, -0.05) is 196 Å². The van der Waals surface area contributed by atoms with Crippen molar-refractivity contribution in [1.29, 1.82) is 0 Å². The first kappa shape index (κ1) is 41.2. The summed E-state index contributed by atoms with van der Waals surface area (Å²) in [7, 11) is 0. The maximum atomic E-state index is 5.71. The third kappa shape index (κ3) is 6.39. The monoisotopic (exact) mass is 911 g/mol. The van der Waals surface area contributed by atoms with Crippen molar-refractivity contribution in [3.63, 3.8) is 0 Å². The fourth-order valence-corrected chi connectivity index (χ4v) is 12.3. The average molecular weight is 912 g/mol. The summed E-state index contributed by atoms with van der Waals surface area (Å²) in [6.07, 6.45) is 7.51. The van der Waals surface area contributed by atoms with Gasteiger partial charge in [0.15, 0.2) is 5.84 Å². The summed E-state index contributed by atoms with van der Waals surface area (Å²) < 4.78 is 4.87. The number of aliphatic imine (C=N–C) groups is 2. The zero-order valence-electron chi connectivity index (χ0n) is 39.6. The van der Waals surface area contributed by atoms with Crippen LogP contribution in [-0.4, -0.2) is 20.8 Å². The molecule has 9 aromatic carbocycles. The highest BCUT2D eigenvalue weighted by molar-refractivity contribution is 6.23. The highest BCUT2D eigenvalue weighted by Gasteiger charge is 2.45. The van der Waals surface area contributed by atoms with E-state index >= 15 is 0 Å². The summed E-state index contributed by atoms with van der Waals surface area (Å²) in [5.74, 6) is 1.90. The number of allylic oxidation sites excluding steroid dienone is 4. The number of hydrogen-bond donors (Lipinski definition) is 1. The number of rotatable bonds is 7. The Labute approximate surface area is 413 Å². The Morgan fingerprint density at radius 1 is 0.507 bits per heavy atom. The lowest BCUT2D eigenvalue weighted by Crippen LogP contribution is -2.35. The number of amidine groups is 2. The standard InChI is InChI=1S/C66H49N5/c1-66(2)54-34-15-12-27-46(54)49-32-18-33-53(62(49)66)65-68-63(43-23-8-4-9-24-43)67-64(69-65)52-40-39-44(42-21-6-3-7-22-42)41-59(52)71-56-36-17-14-29-51(56)61-48(31-20-38-58(61)71)47-30-19-37-57-60(47)50-28-13-16-35-55(50)70(57)45-25-10-5-11-26-45/h3-33,35-41,54,65H,34H2,1-2H3,(H,67,68,69). The highest BCUT2D eigenvalue weighted by atomic mass is 15.2. The van der Waals surface area contributed by atoms with Crippen molar-refractivity contribution in [2.24, 2.45) is 15.9 Å². The topological polar surface area (TPSA) is 46.6 Å². The van der Waals surface area contributed by atoms with E-state index < -0.39 is 0 Å². The van der Waals surface area contributed by atoms with Crippen LogP contribution in [0.25, 0.3) is 82.8 Å². The van der Waals surface area contributed by atoms with Crippen molar-refractivity contribution in [2.45, 2.75) is 31.8 Å². The Kier molecular flexibility index (Phi) is 9.37. The van der Waals surface area contributed by atoms with E-state index in [1.807, 2.05) is 0 Å². The maximum Gasteiger partial charge on any atom is 0.161 e. The molecule has 0 saturated heterocycles. The Morgan fingerprint density at radius 2 is 1.08 bits per heavy atom. The molecule has 0 amide bonds. The minimum absolute atomic E-state index is 0.0919. The fraction of sp³-hybridized carbons (Fsp3) is 0.0909. The predicted molar refractivity (Wildman–Crippen MR) is 296 cm³/mol. The van der Waals surface area contributed by atoms with Crippen LogP contribution in [0.3, 0.4) is 0 Å². The van der Waals surface area contributed by atoms with E-state index in [1.54, 1.807) is 0 Å². The summed E-state index contributed by atoms with van der Waals surface area (Å²) in [4.78, 5) is 11.2. The van der Waals surface area contributed by atoms with E-state index in [4.69, 9.17) is 9.98 Å². The highest BCUT2D eigenvalue weighted by Crippen LogP contribution is 2.55. The summed E-state index contributed by atoms with van der Waals surface area (Å²) >= 11 is 0. The quantitative estimate of drug-likeness (QED) is 0.170. The average Bonchev–Trinajstić information content (AvgIpc) is 4.04. The summed E-state index contributed by atoms with van der Waals surface area (Å²) in [5.41, 5.74) is 18.6. The van der Waals surface area contributed by atoms with E-state index in [-0.39, 0.29) is 11.6 Å². The van der Waals surface area contributed by atoms with Crippen LogP contribution in [0.15, 0.2) is 241 Å². The molecule has 2 unspecified atom stereocenters. The van der Waals surface area contributed by atoms with E-state index in [9.17, 15) is 0 Å². The number of fused-ring (bicyclic) bond motifs is 9. The maximum absolute atomic E-state index is 5.71. The molecule has 5 heteroatoms. The van der Waals surface area contributed by atoms with Gasteiger partial charge in [0.2, 0.25) is 0 Å². The molecule has 338 valence electrons. The second-order valence-corrected chi connectivity index (χ2v) is 19.7. The van der Waals surface area contributed by atoms with E-state index in [0.29, 0.717) is 11.8 Å². The van der Waals surface area contributed by atoms with Gasteiger partial charge < -0.3 is 14.5 Å². The molecule has 14 rings (SSSR count). The van der Waals surface area contributed by atoms with Gasteiger partial charge in [0.1, 0.15) is 12.0 Å². The molecule has 5 nitrogen and oxygen atoms in total. The Bertz CT molecular complexity index is 4070. The molecule has 3 aliphatic rings. The minimum Gasteiger partial charge on any atom is -0.344 e. The summed E-state index contributed by atoms with van der Waals surface area (Å²) in [6.45, 7) is 4.83. The van der Waals surface area contributed by atoms with Crippen molar-refractivity contribution in [3.05, 3.63) is 258 Å². The smallest absolute Gasteiger partial charge is 0.161 e. The lowest BCUT2D eigenvalue weighted by atomic mass is 9.73. The third-order valence-corrected chi connectivity index (χ3v) is 15.5. The second kappa shape index (κ2) is 16.1. The molecular weight excluding hydrogens is 863 g/mol. The molecule has 1 N–H and O–H groups in total. The van der Waals surface area contributed by atoms with E-state index in [1.165, 1.54) is 66.0 Å². The van der Waals surface area contributed by atoms with Crippen molar-refractivity contribution < 1.29 is 0 Å². The molecule has 0 bridgehead atoms. The Balaban J connectivity index is 1.03. The van der Waals surface area contributed by atoms with Crippen LogP contribution in [0.4, 0.5) is 0 Å². The fourth-order valence-electron chi connectivity index (χ4n) is 12.3. The van der Waals surface area contributed by atoms with Crippen LogP contribution >= 0.6 is 0 Å². The molecule has 0 saturated carbocycles. The van der Waals surface area contributed by atoms with Crippen molar-refractivity contribution in [1.82, 2.24) is 14.5 Å². The van der Waals surface area contributed by atoms with Gasteiger partial charge in [0.25, 0.3) is 0 Å². The lowest BCUT2D eigenvalue weighted by Gasteiger charge is -2.32. The Morgan fingerprint density at radius 3 is 1.79 bits per heavy atom. The first-order valence-corrected chi connectivity index (χ1v) is 24.8. The second-order valence-electron chi connectivity index (χ2n) is 19.7. The SMILES string of the molecule is CC1(C)c2c(cccc2C2N=C(c3ccc(-c4ccccc4)cc3-n3c4ccccc4c4c(-c5cccc6c5c5ccccc5n6-c5ccccc5)cccc43)N=C(c3ccccc3)N2)C2=CC=CCC21. The molecule has 2 aliphatic carbocycles. The predicted octanol–water partition coefficient (Wildman–Crippen LogP) is 16.0. The molecule has 71 heavy (non-hydrogen) atoms. The number of nitrogens with zero attached hydrogens (tertiary/aromatic N) is 4. The Hall–Kier alpha value is -8.80. The molecular formula is C66H49N5. The molecule has 0 radical (unpaired) electrons. The third-order valence-electron chi connectivity index (χ3n) is 15.5. The molecule has 0 spiro atoms. The van der Waals surface area contributed by atoms with Crippen LogP contribution in [-0.2, 0) is 5.41 Å². The van der Waals surface area contributed by atoms with Crippen LogP contribution in [0.2, 0.25) is 0 Å². The minimum atomic E-state index is -0.384. The van der Waals surface area contributed by atoms with Gasteiger partial charge in [-0.3, -0.25) is 0 Å². The van der Waals surface area contributed by atoms with E-state index in [2.05, 4.69) is 259 Å². The normalized spacial score (nSPS) is 17.0. The van der Waals surface area contributed by atoms with Gasteiger partial charge in [-0.15, -0.1) is 0 Å². The number of hydrogen-bond acceptors (Lipinski definition) is 3. The molecule has 2 atom stereocenters. The van der Waals surface area contributed by atoms with Gasteiger partial charge in [0, 0.05) is 43.9 Å².